The Morgan fingerprint density at radius 3 is 2.16 bits per heavy atom. The second-order valence-electron chi connectivity index (χ2n) is 12.9. The number of nitrogens with zero attached hydrogens (tertiary/aromatic N) is 4. The van der Waals surface area contributed by atoms with Gasteiger partial charge in [0.25, 0.3) is 0 Å². The van der Waals surface area contributed by atoms with E-state index in [9.17, 15) is 9.59 Å². The van der Waals surface area contributed by atoms with Crippen LogP contribution in [0.5, 0.6) is 0 Å². The second kappa shape index (κ2) is 10.6. The molecule has 3 fully saturated rings. The number of ether oxygens (including phenoxy) is 1. The molecule has 0 spiro atoms. The zero-order valence-corrected chi connectivity index (χ0v) is 24.2. The smallest absolute Gasteiger partial charge is 0.444 e. The first-order valence-corrected chi connectivity index (χ1v) is 13.9. The van der Waals surface area contributed by atoms with E-state index in [2.05, 4.69) is 10.2 Å². The maximum Gasteiger partial charge on any atom is 0.498 e. The van der Waals surface area contributed by atoms with Crippen LogP contribution in [0.4, 0.5) is 10.7 Å². The van der Waals surface area contributed by atoms with Crippen LogP contribution in [-0.2, 0) is 18.8 Å². The third-order valence-electron chi connectivity index (χ3n) is 7.91. The van der Waals surface area contributed by atoms with Gasteiger partial charge in [0.1, 0.15) is 11.6 Å². The van der Waals surface area contributed by atoms with Gasteiger partial charge in [0, 0.05) is 43.5 Å². The Hall–Kier alpha value is -2.40. The number of carbonyl (C=O) groups is 2. The van der Waals surface area contributed by atoms with Crippen LogP contribution in [0.15, 0.2) is 12.4 Å². The normalized spacial score (nSPS) is 22.2. The number of nitrogens with one attached hydrogen (secondary N) is 1. The minimum Gasteiger partial charge on any atom is -0.444 e. The first-order valence-electron chi connectivity index (χ1n) is 13.9. The van der Waals surface area contributed by atoms with Gasteiger partial charge in [-0.15, -0.1) is 0 Å². The van der Waals surface area contributed by atoms with Crippen LogP contribution in [0.25, 0.3) is 0 Å². The van der Waals surface area contributed by atoms with Crippen LogP contribution in [0.1, 0.15) is 81.1 Å². The van der Waals surface area contributed by atoms with Crippen molar-refractivity contribution in [3.05, 3.63) is 12.4 Å². The lowest BCUT2D eigenvalue weighted by Gasteiger charge is -2.36. The van der Waals surface area contributed by atoms with Gasteiger partial charge in [-0.05, 0) is 87.0 Å². The predicted octanol–water partition coefficient (Wildman–Crippen LogP) is 2.90. The molecule has 1 aromatic rings. The fraction of sp³-hybridized carbons (Fsp3) is 0.778. The molecular weight excluding hydrogens is 485 g/mol. The molecule has 2 aliphatic heterocycles. The highest BCUT2D eigenvalue weighted by Gasteiger charge is 2.52. The van der Waals surface area contributed by atoms with Crippen molar-refractivity contribution < 1.29 is 23.6 Å². The summed E-state index contributed by atoms with van der Waals surface area (Å²) in [6.45, 7) is 17.5. The van der Waals surface area contributed by atoms with Crippen molar-refractivity contribution in [2.75, 3.05) is 24.5 Å². The van der Waals surface area contributed by atoms with Crippen LogP contribution >= 0.6 is 0 Å². The van der Waals surface area contributed by atoms with E-state index in [4.69, 9.17) is 24.0 Å². The molecule has 2 amide bonds. The molecule has 38 heavy (non-hydrogen) atoms. The van der Waals surface area contributed by atoms with E-state index in [0.29, 0.717) is 25.0 Å². The summed E-state index contributed by atoms with van der Waals surface area (Å²) in [5, 5.41) is 2.66. The minimum absolute atomic E-state index is 0.0741. The fourth-order valence-corrected chi connectivity index (χ4v) is 4.79. The van der Waals surface area contributed by atoms with Gasteiger partial charge in [0.15, 0.2) is 0 Å². The van der Waals surface area contributed by atoms with Gasteiger partial charge in [-0.3, -0.25) is 4.79 Å². The number of alkyl carbamates (subject to hydrolysis) is 1. The van der Waals surface area contributed by atoms with Crippen molar-refractivity contribution in [3.63, 3.8) is 0 Å². The standard InChI is InChI=1S/C27H44BN5O5/c1-18(31-24(35)36-25(2,3)4)22(34)32-13-11-19(12-14-32)17-33(21-9-10-21)23-29-15-20(16-30-23)28-37-26(5,6)27(7,8)38-28/h15-16,18-19,21H,9-14,17H2,1-8H3,(H,31,35)/t18-/m1/s1. The number of likely N-dealkylation sites (tertiary alicyclic amines) is 1. The molecule has 2 saturated heterocycles. The molecule has 0 bridgehead atoms. The van der Waals surface area contributed by atoms with E-state index in [1.807, 2.05) is 45.0 Å². The molecule has 1 aromatic heterocycles. The van der Waals surface area contributed by atoms with E-state index in [1.165, 1.54) is 0 Å². The number of amides is 2. The highest BCUT2D eigenvalue weighted by molar-refractivity contribution is 6.61. The summed E-state index contributed by atoms with van der Waals surface area (Å²) in [5.74, 6) is 1.11. The maximum atomic E-state index is 12.9. The Kier molecular flexibility index (Phi) is 8.01. The first-order chi connectivity index (χ1) is 17.6. The average molecular weight is 529 g/mol. The van der Waals surface area contributed by atoms with Crippen molar-refractivity contribution in [2.45, 2.75) is 110 Å². The zero-order chi connectivity index (χ0) is 27.9. The van der Waals surface area contributed by atoms with Gasteiger partial charge in [-0.1, -0.05) is 0 Å². The Balaban J connectivity index is 1.30. The average Bonchev–Trinajstić information content (AvgIpc) is 3.62. The molecule has 11 heteroatoms. The number of rotatable bonds is 7. The molecular formula is C27H44BN5O5. The van der Waals surface area contributed by atoms with Gasteiger partial charge in [0.05, 0.1) is 11.2 Å². The number of piperidine rings is 1. The van der Waals surface area contributed by atoms with Crippen LogP contribution < -0.4 is 15.7 Å². The van der Waals surface area contributed by atoms with E-state index < -0.39 is 36.1 Å². The summed E-state index contributed by atoms with van der Waals surface area (Å²) in [4.78, 5) is 38.5. The molecule has 1 saturated carbocycles. The number of hydrogen-bond donors (Lipinski definition) is 1. The summed E-state index contributed by atoms with van der Waals surface area (Å²) >= 11 is 0. The molecule has 3 aliphatic rings. The van der Waals surface area contributed by atoms with E-state index in [-0.39, 0.29) is 5.91 Å². The highest BCUT2D eigenvalue weighted by atomic mass is 16.7. The van der Waals surface area contributed by atoms with Crippen LogP contribution in [0, 0.1) is 5.92 Å². The highest BCUT2D eigenvalue weighted by Crippen LogP contribution is 2.36. The summed E-state index contributed by atoms with van der Waals surface area (Å²) in [6.07, 6.45) is 7.17. The summed E-state index contributed by atoms with van der Waals surface area (Å²) in [7, 11) is -0.475. The maximum absolute atomic E-state index is 12.9. The molecule has 1 atom stereocenters. The molecule has 3 heterocycles. The van der Waals surface area contributed by atoms with E-state index >= 15 is 0 Å². The number of hydrogen-bond acceptors (Lipinski definition) is 8. The lowest BCUT2D eigenvalue weighted by Crippen LogP contribution is -2.51. The van der Waals surface area contributed by atoms with Crippen LogP contribution in [-0.4, -0.2) is 82.5 Å². The minimum atomic E-state index is -0.625. The van der Waals surface area contributed by atoms with Gasteiger partial charge in [-0.25, -0.2) is 14.8 Å². The van der Waals surface area contributed by atoms with E-state index in [0.717, 1.165) is 43.6 Å². The lowest BCUT2D eigenvalue weighted by atomic mass is 9.81. The Morgan fingerprint density at radius 2 is 1.66 bits per heavy atom. The topological polar surface area (TPSA) is 106 Å². The molecule has 210 valence electrons. The molecule has 0 radical (unpaired) electrons. The van der Waals surface area contributed by atoms with Crippen molar-refractivity contribution in [3.8, 4) is 0 Å². The molecule has 4 rings (SSSR count). The molecule has 1 aliphatic carbocycles. The SMILES string of the molecule is C[C@@H](NC(=O)OC(C)(C)C)C(=O)N1CCC(CN(c2ncc(B3OC(C)(C)C(C)(C)O3)cn2)C2CC2)CC1. The van der Waals surface area contributed by atoms with Gasteiger partial charge >= 0.3 is 13.2 Å². The van der Waals surface area contributed by atoms with Crippen molar-refractivity contribution >= 4 is 30.5 Å². The Morgan fingerprint density at radius 1 is 1.11 bits per heavy atom. The van der Waals surface area contributed by atoms with Crippen molar-refractivity contribution in [1.29, 1.82) is 0 Å². The van der Waals surface area contributed by atoms with Crippen molar-refractivity contribution in [2.24, 2.45) is 5.92 Å². The first kappa shape index (κ1) is 28.6. The summed E-state index contributed by atoms with van der Waals surface area (Å²) in [5.41, 5.74) is -0.592. The van der Waals surface area contributed by atoms with Crippen molar-refractivity contribution in [1.82, 2.24) is 20.2 Å². The Labute approximate surface area is 227 Å². The number of aromatic nitrogens is 2. The second-order valence-corrected chi connectivity index (χ2v) is 12.9. The molecule has 10 nitrogen and oxygen atoms in total. The van der Waals surface area contributed by atoms with Gasteiger partial charge in [0.2, 0.25) is 11.9 Å². The number of carbonyl (C=O) groups excluding carboxylic acids is 2. The fourth-order valence-electron chi connectivity index (χ4n) is 4.79. The Bertz CT molecular complexity index is 984. The quantitative estimate of drug-likeness (QED) is 0.538. The molecule has 0 aromatic carbocycles. The third kappa shape index (κ3) is 6.78. The summed E-state index contributed by atoms with van der Waals surface area (Å²) in [6, 6.07) is -0.157. The van der Waals surface area contributed by atoms with Crippen LogP contribution in [0.2, 0.25) is 0 Å². The van der Waals surface area contributed by atoms with E-state index in [1.54, 1.807) is 27.7 Å². The lowest BCUT2D eigenvalue weighted by molar-refractivity contribution is -0.134. The van der Waals surface area contributed by atoms with Crippen LogP contribution in [0.3, 0.4) is 0 Å². The zero-order valence-electron chi connectivity index (χ0n) is 24.2. The monoisotopic (exact) mass is 529 g/mol. The molecule has 1 N–H and O–H groups in total. The largest absolute Gasteiger partial charge is 0.498 e. The predicted molar refractivity (Wildman–Crippen MR) is 146 cm³/mol. The van der Waals surface area contributed by atoms with Gasteiger partial charge < -0.3 is 29.2 Å². The van der Waals surface area contributed by atoms with Gasteiger partial charge in [-0.2, -0.15) is 0 Å². The molecule has 0 unspecified atom stereocenters. The number of anilines is 1. The summed E-state index contributed by atoms with van der Waals surface area (Å²) < 4.78 is 17.6. The third-order valence-corrected chi connectivity index (χ3v) is 7.91.